The van der Waals surface area contributed by atoms with E-state index in [1.165, 1.54) is 0 Å². The van der Waals surface area contributed by atoms with Crippen molar-refractivity contribution in [1.29, 1.82) is 0 Å². The number of hydrogen-bond acceptors (Lipinski definition) is 2. The molecule has 100 valence electrons. The van der Waals surface area contributed by atoms with Crippen molar-refractivity contribution in [3.8, 4) is 0 Å². The molecule has 0 aliphatic rings. The van der Waals surface area contributed by atoms with Crippen LogP contribution in [0.15, 0.2) is 18.2 Å². The molecule has 0 fully saturated rings. The minimum absolute atomic E-state index is 0.147. The quantitative estimate of drug-likeness (QED) is 0.736. The molecule has 0 unspecified atom stereocenters. The summed E-state index contributed by atoms with van der Waals surface area (Å²) in [4.78, 5) is 11.6. The minimum atomic E-state index is -0.854. The van der Waals surface area contributed by atoms with Gasteiger partial charge >= 0.3 is 0 Å². The molecule has 3 nitrogen and oxygen atoms in total. The van der Waals surface area contributed by atoms with E-state index in [1.807, 2.05) is 0 Å². The van der Waals surface area contributed by atoms with Gasteiger partial charge in [0.15, 0.2) is 0 Å². The zero-order valence-electron chi connectivity index (χ0n) is 10.1. The maximum absolute atomic E-state index is 13.2. The average Bonchev–Trinajstić information content (AvgIpc) is 2.33. The van der Waals surface area contributed by atoms with Crippen molar-refractivity contribution in [2.45, 2.75) is 25.7 Å². The lowest BCUT2D eigenvalue weighted by Gasteiger charge is -2.06. The maximum Gasteiger partial charge on any atom is 0.254 e. The van der Waals surface area contributed by atoms with E-state index in [2.05, 4.69) is 5.32 Å². The van der Waals surface area contributed by atoms with Crippen molar-refractivity contribution >= 4 is 5.91 Å². The first-order valence-corrected chi connectivity index (χ1v) is 5.99. The largest absolute Gasteiger partial charge is 0.396 e. The molecule has 0 atom stereocenters. The van der Waals surface area contributed by atoms with E-state index in [0.717, 1.165) is 37.8 Å². The highest BCUT2D eigenvalue weighted by atomic mass is 19.1. The molecule has 1 aromatic rings. The first-order valence-electron chi connectivity index (χ1n) is 5.99. The maximum atomic E-state index is 13.2. The zero-order valence-corrected chi connectivity index (χ0v) is 10.1. The highest BCUT2D eigenvalue weighted by Crippen LogP contribution is 2.09. The van der Waals surface area contributed by atoms with Crippen LogP contribution in [0.1, 0.15) is 36.0 Å². The third kappa shape index (κ3) is 4.79. The van der Waals surface area contributed by atoms with Crippen LogP contribution in [0.5, 0.6) is 0 Å². The standard InChI is InChI=1S/C13H17F2NO2/c14-10-5-6-11(12(15)9-10)13(18)16-7-3-1-2-4-8-17/h5-6,9,17H,1-4,7-8H2,(H,16,18). The number of nitrogens with one attached hydrogen (secondary N) is 1. The molecule has 2 N–H and O–H groups in total. The molecule has 0 aromatic heterocycles. The number of carbonyl (C=O) groups is 1. The van der Waals surface area contributed by atoms with Crippen LogP contribution in [0.3, 0.4) is 0 Å². The number of aliphatic hydroxyl groups excluding tert-OH is 1. The van der Waals surface area contributed by atoms with Gasteiger partial charge in [-0.2, -0.15) is 0 Å². The van der Waals surface area contributed by atoms with E-state index in [4.69, 9.17) is 5.11 Å². The van der Waals surface area contributed by atoms with Crippen LogP contribution in [0.2, 0.25) is 0 Å². The number of rotatable bonds is 7. The lowest BCUT2D eigenvalue weighted by Crippen LogP contribution is -2.25. The zero-order chi connectivity index (χ0) is 13.4. The first-order chi connectivity index (χ1) is 8.65. The van der Waals surface area contributed by atoms with Gasteiger partial charge in [0.1, 0.15) is 11.6 Å². The third-order valence-electron chi connectivity index (χ3n) is 2.55. The number of hydrogen-bond donors (Lipinski definition) is 2. The molecule has 0 saturated heterocycles. The molecule has 1 rings (SSSR count). The molecule has 0 radical (unpaired) electrons. The van der Waals surface area contributed by atoms with Crippen molar-refractivity contribution in [2.24, 2.45) is 0 Å². The molecule has 0 heterocycles. The van der Waals surface area contributed by atoms with E-state index in [0.29, 0.717) is 12.6 Å². The van der Waals surface area contributed by atoms with Crippen molar-refractivity contribution in [3.63, 3.8) is 0 Å². The fourth-order valence-corrected chi connectivity index (χ4v) is 1.56. The van der Waals surface area contributed by atoms with Gasteiger partial charge in [0, 0.05) is 19.2 Å². The second-order valence-electron chi connectivity index (χ2n) is 4.02. The average molecular weight is 257 g/mol. The predicted molar refractivity (Wildman–Crippen MR) is 64.2 cm³/mol. The molecule has 0 bridgehead atoms. The fourth-order valence-electron chi connectivity index (χ4n) is 1.56. The molecule has 0 saturated carbocycles. The second kappa shape index (κ2) is 7.76. The Kier molecular flexibility index (Phi) is 6.28. The second-order valence-corrected chi connectivity index (χ2v) is 4.02. The van der Waals surface area contributed by atoms with E-state index in [1.54, 1.807) is 0 Å². The third-order valence-corrected chi connectivity index (χ3v) is 2.55. The SMILES string of the molecule is O=C(NCCCCCCO)c1ccc(F)cc1F. The Morgan fingerprint density at radius 3 is 2.56 bits per heavy atom. The summed E-state index contributed by atoms with van der Waals surface area (Å²) in [7, 11) is 0. The van der Waals surface area contributed by atoms with Crippen molar-refractivity contribution in [1.82, 2.24) is 5.32 Å². The van der Waals surface area contributed by atoms with Gasteiger partial charge in [-0.3, -0.25) is 4.79 Å². The van der Waals surface area contributed by atoms with Gasteiger partial charge in [-0.05, 0) is 25.0 Å². The van der Waals surface area contributed by atoms with Crippen LogP contribution < -0.4 is 5.32 Å². The van der Waals surface area contributed by atoms with Crippen molar-refractivity contribution in [2.75, 3.05) is 13.2 Å². The molecule has 0 spiro atoms. The summed E-state index contributed by atoms with van der Waals surface area (Å²) in [6.07, 6.45) is 3.32. The number of halogens is 2. The summed E-state index contributed by atoms with van der Waals surface area (Å²) >= 11 is 0. The van der Waals surface area contributed by atoms with Gasteiger partial charge < -0.3 is 10.4 Å². The van der Waals surface area contributed by atoms with Crippen LogP contribution in [-0.2, 0) is 0 Å². The Labute approximate surface area is 105 Å². The number of aliphatic hydroxyl groups is 1. The van der Waals surface area contributed by atoms with Crippen LogP contribution in [-0.4, -0.2) is 24.2 Å². The van der Waals surface area contributed by atoms with Crippen LogP contribution in [0.4, 0.5) is 8.78 Å². The van der Waals surface area contributed by atoms with Crippen molar-refractivity contribution < 1.29 is 18.7 Å². The van der Waals surface area contributed by atoms with Gasteiger partial charge in [0.2, 0.25) is 0 Å². The number of amides is 1. The molecule has 1 amide bonds. The molecular formula is C13H17F2NO2. The molecular weight excluding hydrogens is 240 g/mol. The Morgan fingerprint density at radius 1 is 1.17 bits per heavy atom. The minimum Gasteiger partial charge on any atom is -0.396 e. The molecule has 18 heavy (non-hydrogen) atoms. The van der Waals surface area contributed by atoms with Crippen LogP contribution >= 0.6 is 0 Å². The topological polar surface area (TPSA) is 49.3 Å². The summed E-state index contributed by atoms with van der Waals surface area (Å²) in [5.74, 6) is -2.09. The highest BCUT2D eigenvalue weighted by molar-refractivity contribution is 5.94. The fraction of sp³-hybridized carbons (Fsp3) is 0.462. The molecule has 0 aliphatic heterocycles. The number of carbonyl (C=O) groups excluding carboxylic acids is 1. The van der Waals surface area contributed by atoms with Crippen LogP contribution in [0, 0.1) is 11.6 Å². The first kappa shape index (κ1) is 14.6. The van der Waals surface area contributed by atoms with Crippen LogP contribution in [0.25, 0.3) is 0 Å². The lowest BCUT2D eigenvalue weighted by atomic mass is 10.1. The highest BCUT2D eigenvalue weighted by Gasteiger charge is 2.11. The van der Waals surface area contributed by atoms with Crippen molar-refractivity contribution in [3.05, 3.63) is 35.4 Å². The Hall–Kier alpha value is -1.49. The molecule has 0 aliphatic carbocycles. The van der Waals surface area contributed by atoms with E-state index < -0.39 is 17.5 Å². The Balaban J connectivity index is 2.32. The number of unbranched alkanes of at least 4 members (excludes halogenated alkanes) is 3. The summed E-state index contributed by atoms with van der Waals surface area (Å²) in [5.41, 5.74) is -0.147. The Bertz CT molecular complexity index is 397. The van der Waals surface area contributed by atoms with Gasteiger partial charge in [-0.1, -0.05) is 12.8 Å². The Morgan fingerprint density at radius 2 is 1.89 bits per heavy atom. The smallest absolute Gasteiger partial charge is 0.254 e. The summed E-state index contributed by atoms with van der Waals surface area (Å²) in [5, 5.41) is 11.1. The molecule has 5 heteroatoms. The lowest BCUT2D eigenvalue weighted by molar-refractivity contribution is 0.0948. The monoisotopic (exact) mass is 257 g/mol. The summed E-state index contributed by atoms with van der Waals surface area (Å²) in [6.45, 7) is 0.619. The summed E-state index contributed by atoms with van der Waals surface area (Å²) < 4.78 is 25.9. The van der Waals surface area contributed by atoms with Gasteiger partial charge in [-0.15, -0.1) is 0 Å². The number of benzene rings is 1. The summed E-state index contributed by atoms with van der Waals surface area (Å²) in [6, 6.07) is 2.88. The predicted octanol–water partition coefficient (Wildman–Crippen LogP) is 2.25. The van der Waals surface area contributed by atoms with E-state index in [-0.39, 0.29) is 12.2 Å². The van der Waals surface area contributed by atoms with E-state index in [9.17, 15) is 13.6 Å². The van der Waals surface area contributed by atoms with Gasteiger partial charge in [0.25, 0.3) is 5.91 Å². The van der Waals surface area contributed by atoms with E-state index >= 15 is 0 Å². The normalized spacial score (nSPS) is 10.4. The van der Waals surface area contributed by atoms with Gasteiger partial charge in [-0.25, -0.2) is 8.78 Å². The molecule has 1 aromatic carbocycles. The van der Waals surface area contributed by atoms with Gasteiger partial charge in [0.05, 0.1) is 5.56 Å².